The molecule has 0 fully saturated rings. The molecule has 0 N–H and O–H groups in total. The largest absolute Gasteiger partial charge is 0.376 e. The summed E-state index contributed by atoms with van der Waals surface area (Å²) >= 11 is 1.91. The minimum atomic E-state index is 0.00362. The maximum absolute atomic E-state index is 2.66. The summed E-state index contributed by atoms with van der Waals surface area (Å²) in [6.07, 6.45) is 0. The average Bonchev–Trinajstić information content (AvgIpc) is 3.67. The van der Waals surface area contributed by atoms with E-state index in [1.54, 1.807) is 0 Å². The van der Waals surface area contributed by atoms with Gasteiger partial charge in [0.1, 0.15) is 0 Å². The van der Waals surface area contributed by atoms with Crippen LogP contribution in [-0.2, 0) is 10.8 Å². The molecule has 2 aliphatic rings. The molecular weight excluding hydrogens is 647 g/mol. The average molecular weight is 687 g/mol. The third-order valence-corrected chi connectivity index (χ3v) is 13.0. The SMILES string of the molecule is CC(C)(C)c1ccc(N2B3c4cc(C(C)(C)C)ccc4-n4c5cc6sc7ccccc7c6cc5c5ccc(c3c54)-c3c2ccc2ccccc32)cc1. The van der Waals surface area contributed by atoms with E-state index in [0.29, 0.717) is 0 Å². The molecule has 0 atom stereocenters. The number of thiophene rings is 1. The first-order valence-corrected chi connectivity index (χ1v) is 19.4. The Morgan fingerprint density at radius 3 is 2.04 bits per heavy atom. The van der Waals surface area contributed by atoms with Crippen LogP contribution in [0.15, 0.2) is 127 Å². The van der Waals surface area contributed by atoms with Crippen molar-refractivity contribution >= 4 is 93.2 Å². The standard InChI is InChI=1S/C48H39BN2S/c1-47(2,3)29-16-19-31(20-17-29)51-40-23-15-28-11-7-8-12-32(28)44(40)35-22-21-34-36-26-37-33-13-9-10-14-42(33)52-43(37)27-41(36)50-39-24-18-30(48(4,5)6)25-38(39)49(51)45(35)46(34)50/h7-27H,1-6H3. The highest BCUT2D eigenvalue weighted by Crippen LogP contribution is 2.49. The molecule has 11 rings (SSSR count). The van der Waals surface area contributed by atoms with Gasteiger partial charge in [0.15, 0.2) is 0 Å². The second-order valence-electron chi connectivity index (χ2n) is 17.0. The van der Waals surface area contributed by atoms with Crippen LogP contribution < -0.4 is 15.7 Å². The first kappa shape index (κ1) is 30.3. The number of rotatable bonds is 1. The van der Waals surface area contributed by atoms with Crippen LogP contribution in [0, 0.1) is 0 Å². The molecule has 2 aromatic heterocycles. The van der Waals surface area contributed by atoms with Gasteiger partial charge in [-0.05, 0) is 91.7 Å². The molecule has 9 aromatic rings. The quantitative estimate of drug-likeness (QED) is 0.156. The highest BCUT2D eigenvalue weighted by atomic mass is 32.1. The second kappa shape index (κ2) is 10.2. The molecule has 2 nitrogen and oxygen atoms in total. The van der Waals surface area contributed by atoms with Crippen molar-refractivity contribution in [1.29, 1.82) is 0 Å². The Morgan fingerprint density at radius 1 is 0.538 bits per heavy atom. The molecule has 250 valence electrons. The first-order chi connectivity index (χ1) is 25.1. The molecule has 4 heterocycles. The summed E-state index contributed by atoms with van der Waals surface area (Å²) in [7, 11) is 0. The lowest BCUT2D eigenvalue weighted by Gasteiger charge is -2.42. The molecule has 2 aliphatic heterocycles. The lowest BCUT2D eigenvalue weighted by molar-refractivity contribution is 0.590. The number of fused-ring (bicyclic) bond motifs is 13. The van der Waals surface area contributed by atoms with Crippen molar-refractivity contribution in [1.82, 2.24) is 4.57 Å². The maximum Gasteiger partial charge on any atom is 0.333 e. The summed E-state index contributed by atoms with van der Waals surface area (Å²) in [4.78, 5) is 2.66. The van der Waals surface area contributed by atoms with Gasteiger partial charge in [0.05, 0.1) is 11.0 Å². The summed E-state index contributed by atoms with van der Waals surface area (Å²) in [5.74, 6) is 0. The Balaban J connectivity index is 1.32. The van der Waals surface area contributed by atoms with Crippen LogP contribution in [0.4, 0.5) is 11.4 Å². The number of benzene rings is 7. The lowest BCUT2D eigenvalue weighted by Crippen LogP contribution is -2.60. The van der Waals surface area contributed by atoms with E-state index in [9.17, 15) is 0 Å². The van der Waals surface area contributed by atoms with Crippen LogP contribution in [0.3, 0.4) is 0 Å². The van der Waals surface area contributed by atoms with Gasteiger partial charge >= 0.3 is 6.85 Å². The fourth-order valence-corrected chi connectivity index (χ4v) is 10.4. The number of anilines is 2. The van der Waals surface area contributed by atoms with Crippen LogP contribution in [0.2, 0.25) is 0 Å². The number of aromatic nitrogens is 1. The molecule has 0 amide bonds. The molecule has 0 aliphatic carbocycles. The van der Waals surface area contributed by atoms with Gasteiger partial charge in [-0.1, -0.05) is 126 Å². The predicted molar refractivity (Wildman–Crippen MR) is 228 cm³/mol. The van der Waals surface area contributed by atoms with Gasteiger partial charge in [-0.3, -0.25) is 0 Å². The molecular formula is C48H39BN2S. The number of hydrogen-bond donors (Lipinski definition) is 0. The fraction of sp³-hybridized carbons (Fsp3) is 0.167. The van der Waals surface area contributed by atoms with E-state index in [1.807, 2.05) is 11.3 Å². The summed E-state index contributed by atoms with van der Waals surface area (Å²) < 4.78 is 5.30. The van der Waals surface area contributed by atoms with E-state index >= 15 is 0 Å². The molecule has 4 heteroatoms. The van der Waals surface area contributed by atoms with Gasteiger partial charge in [-0.2, -0.15) is 0 Å². The Hall–Kier alpha value is -5.32. The van der Waals surface area contributed by atoms with Gasteiger partial charge in [0.2, 0.25) is 0 Å². The Bertz CT molecular complexity index is 2990. The van der Waals surface area contributed by atoms with E-state index in [1.165, 1.54) is 103 Å². The highest BCUT2D eigenvalue weighted by Gasteiger charge is 2.44. The third-order valence-electron chi connectivity index (χ3n) is 11.9. The molecule has 0 bridgehead atoms. The Kier molecular flexibility index (Phi) is 5.93. The van der Waals surface area contributed by atoms with Crippen molar-refractivity contribution in [3.8, 4) is 16.8 Å². The molecule has 0 radical (unpaired) electrons. The molecule has 0 saturated carbocycles. The molecule has 0 saturated heterocycles. The summed E-state index contributed by atoms with van der Waals surface area (Å²) in [6.45, 7) is 13.9. The highest BCUT2D eigenvalue weighted by molar-refractivity contribution is 7.25. The molecule has 0 spiro atoms. The first-order valence-electron chi connectivity index (χ1n) is 18.6. The van der Waals surface area contributed by atoms with E-state index < -0.39 is 0 Å². The van der Waals surface area contributed by atoms with Crippen LogP contribution in [0.5, 0.6) is 0 Å². The van der Waals surface area contributed by atoms with Crippen molar-refractivity contribution in [2.45, 2.75) is 52.4 Å². The Morgan fingerprint density at radius 2 is 1.25 bits per heavy atom. The zero-order valence-corrected chi connectivity index (χ0v) is 31.3. The van der Waals surface area contributed by atoms with E-state index in [-0.39, 0.29) is 17.7 Å². The number of nitrogens with zero attached hydrogens (tertiary/aromatic N) is 2. The number of hydrogen-bond acceptors (Lipinski definition) is 2. The maximum atomic E-state index is 2.66. The van der Waals surface area contributed by atoms with Crippen molar-refractivity contribution < 1.29 is 0 Å². The normalized spacial score (nSPS) is 13.9. The minimum absolute atomic E-state index is 0.00362. The predicted octanol–water partition coefficient (Wildman–Crippen LogP) is 12.1. The van der Waals surface area contributed by atoms with Crippen molar-refractivity contribution in [2.24, 2.45) is 0 Å². The van der Waals surface area contributed by atoms with Crippen molar-refractivity contribution in [3.05, 3.63) is 139 Å². The van der Waals surface area contributed by atoms with E-state index in [2.05, 4.69) is 178 Å². The fourth-order valence-electron chi connectivity index (χ4n) is 9.25. The zero-order chi connectivity index (χ0) is 35.3. The van der Waals surface area contributed by atoms with Crippen LogP contribution >= 0.6 is 11.3 Å². The lowest BCUT2D eigenvalue weighted by atomic mass is 9.43. The van der Waals surface area contributed by atoms with Gasteiger partial charge in [-0.15, -0.1) is 11.3 Å². The summed E-state index contributed by atoms with van der Waals surface area (Å²) in [5, 5.41) is 7.92. The van der Waals surface area contributed by atoms with Crippen LogP contribution in [0.25, 0.3) is 69.6 Å². The summed E-state index contributed by atoms with van der Waals surface area (Å²) in [5.41, 5.74) is 14.6. The zero-order valence-electron chi connectivity index (χ0n) is 30.5. The third kappa shape index (κ3) is 4.02. The summed E-state index contributed by atoms with van der Waals surface area (Å²) in [6, 6.07) is 49.0. The van der Waals surface area contributed by atoms with Crippen molar-refractivity contribution in [3.63, 3.8) is 0 Å². The molecule has 52 heavy (non-hydrogen) atoms. The topological polar surface area (TPSA) is 8.17 Å². The van der Waals surface area contributed by atoms with Gasteiger partial charge in [-0.25, -0.2) is 0 Å². The minimum Gasteiger partial charge on any atom is -0.376 e. The monoisotopic (exact) mass is 686 g/mol. The Labute approximate surface area is 309 Å². The van der Waals surface area contributed by atoms with E-state index in [4.69, 9.17) is 0 Å². The van der Waals surface area contributed by atoms with Crippen LogP contribution in [0.1, 0.15) is 52.7 Å². The van der Waals surface area contributed by atoms with Gasteiger partial charge < -0.3 is 9.38 Å². The molecule has 7 aromatic carbocycles. The van der Waals surface area contributed by atoms with E-state index in [0.717, 1.165) is 0 Å². The second-order valence-corrected chi connectivity index (χ2v) is 18.1. The van der Waals surface area contributed by atoms with Gasteiger partial charge in [0, 0.05) is 53.6 Å². The van der Waals surface area contributed by atoms with Crippen LogP contribution in [-0.4, -0.2) is 11.4 Å². The van der Waals surface area contributed by atoms with Crippen molar-refractivity contribution in [2.75, 3.05) is 4.81 Å². The van der Waals surface area contributed by atoms with Gasteiger partial charge in [0.25, 0.3) is 0 Å². The molecule has 0 unspecified atom stereocenters. The smallest absolute Gasteiger partial charge is 0.333 e.